The summed E-state index contributed by atoms with van der Waals surface area (Å²) in [6.07, 6.45) is 3.61. The summed E-state index contributed by atoms with van der Waals surface area (Å²) in [5.74, 6) is 0.347. The predicted octanol–water partition coefficient (Wildman–Crippen LogP) is 4.12. The molecule has 188 valence electrons. The van der Waals surface area contributed by atoms with Crippen LogP contribution in [0, 0.1) is 6.92 Å². The van der Waals surface area contributed by atoms with Crippen molar-refractivity contribution in [2.45, 2.75) is 31.5 Å². The van der Waals surface area contributed by atoms with Crippen LogP contribution >= 0.6 is 0 Å². The van der Waals surface area contributed by atoms with Gasteiger partial charge in [0.15, 0.2) is 0 Å². The van der Waals surface area contributed by atoms with Gasteiger partial charge >= 0.3 is 0 Å². The molecule has 1 amide bonds. The van der Waals surface area contributed by atoms with Gasteiger partial charge in [0.05, 0.1) is 43.0 Å². The molecule has 2 heterocycles. The molecule has 7 nitrogen and oxygen atoms in total. The van der Waals surface area contributed by atoms with E-state index in [0.717, 1.165) is 17.9 Å². The number of likely N-dealkylation sites (tertiary alicyclic amines) is 1. The summed E-state index contributed by atoms with van der Waals surface area (Å²) < 4.78 is 7.45. The molecule has 1 aromatic heterocycles. The highest BCUT2D eigenvalue weighted by atomic mass is 16.5. The van der Waals surface area contributed by atoms with Crippen molar-refractivity contribution in [3.8, 4) is 22.6 Å². The Labute approximate surface area is 216 Å². The van der Waals surface area contributed by atoms with Crippen molar-refractivity contribution in [2.75, 3.05) is 20.2 Å². The molecular formula is C30H30N4O3. The van der Waals surface area contributed by atoms with E-state index in [1.54, 1.807) is 25.6 Å². The van der Waals surface area contributed by atoms with E-state index in [-0.39, 0.29) is 18.0 Å². The molecule has 1 fully saturated rings. The Hall–Kier alpha value is -3.94. The van der Waals surface area contributed by atoms with Gasteiger partial charge in [0.1, 0.15) is 5.75 Å². The molecule has 1 aliphatic carbocycles. The van der Waals surface area contributed by atoms with Gasteiger partial charge in [-0.2, -0.15) is 0 Å². The zero-order chi connectivity index (χ0) is 25.5. The van der Waals surface area contributed by atoms with E-state index in [0.29, 0.717) is 24.3 Å². The van der Waals surface area contributed by atoms with Gasteiger partial charge in [0.2, 0.25) is 0 Å². The van der Waals surface area contributed by atoms with Crippen LogP contribution in [-0.2, 0) is 0 Å². The number of aryl methyl sites for hydroxylation is 1. The molecule has 0 spiro atoms. The number of aliphatic hydroxyl groups excluding tert-OH is 1. The maximum Gasteiger partial charge on any atom is 0.251 e. The number of aromatic nitrogens is 2. The van der Waals surface area contributed by atoms with E-state index in [1.807, 2.05) is 23.8 Å². The number of ether oxygens (including phenoxy) is 1. The standard InChI is InChI=1S/C30H30N4O3/c1-19-16-34(18-31-19)26-12-11-20(15-28(26)37-2)30(36)32-25-17-33(14-13-27(25)35)29-23-9-5-3-7-21(23)22-8-4-6-10-24(22)29/h3-12,15-16,18,25,27,29,35H,13-14,17H2,1-2H3,(H,32,36). The maximum atomic E-state index is 13.3. The third-order valence-corrected chi connectivity index (χ3v) is 7.52. The van der Waals surface area contributed by atoms with E-state index >= 15 is 0 Å². The van der Waals surface area contributed by atoms with E-state index in [1.165, 1.54) is 22.3 Å². The normalized spacial score (nSPS) is 19.3. The molecule has 1 aliphatic heterocycles. The van der Waals surface area contributed by atoms with Crippen LogP contribution in [-0.4, -0.2) is 57.8 Å². The molecule has 3 aromatic carbocycles. The van der Waals surface area contributed by atoms with Crippen molar-refractivity contribution < 1.29 is 14.6 Å². The van der Waals surface area contributed by atoms with Crippen molar-refractivity contribution in [2.24, 2.45) is 0 Å². The highest BCUT2D eigenvalue weighted by molar-refractivity contribution is 5.95. The third-order valence-electron chi connectivity index (χ3n) is 7.52. The van der Waals surface area contributed by atoms with Crippen molar-refractivity contribution in [1.29, 1.82) is 0 Å². The number of methoxy groups -OCH3 is 1. The van der Waals surface area contributed by atoms with Gasteiger partial charge < -0.3 is 19.7 Å². The number of carbonyl (C=O) groups excluding carboxylic acids is 1. The zero-order valence-corrected chi connectivity index (χ0v) is 21.0. The number of piperidine rings is 1. The number of rotatable bonds is 5. The third kappa shape index (κ3) is 4.20. The Bertz CT molecular complexity index is 1420. The highest BCUT2D eigenvalue weighted by Crippen LogP contribution is 2.46. The van der Waals surface area contributed by atoms with E-state index in [4.69, 9.17) is 4.74 Å². The van der Waals surface area contributed by atoms with Crippen LogP contribution in [0.15, 0.2) is 79.3 Å². The molecule has 0 saturated carbocycles. The fraction of sp³-hybridized carbons (Fsp3) is 0.267. The zero-order valence-electron chi connectivity index (χ0n) is 21.0. The second-order valence-electron chi connectivity index (χ2n) is 9.82. The number of benzene rings is 3. The second-order valence-corrected chi connectivity index (χ2v) is 9.82. The Balaban J connectivity index is 1.23. The quantitative estimate of drug-likeness (QED) is 0.436. The Kier molecular flexibility index (Phi) is 6.02. The molecule has 6 rings (SSSR count). The first-order valence-corrected chi connectivity index (χ1v) is 12.6. The Morgan fingerprint density at radius 2 is 1.76 bits per heavy atom. The van der Waals surface area contributed by atoms with Crippen LogP contribution in [0.2, 0.25) is 0 Å². The van der Waals surface area contributed by atoms with E-state index in [2.05, 4.69) is 63.7 Å². The summed E-state index contributed by atoms with van der Waals surface area (Å²) >= 11 is 0. The largest absolute Gasteiger partial charge is 0.495 e. The summed E-state index contributed by atoms with van der Waals surface area (Å²) in [7, 11) is 1.59. The predicted molar refractivity (Wildman–Crippen MR) is 142 cm³/mol. The summed E-state index contributed by atoms with van der Waals surface area (Å²) in [6.45, 7) is 3.24. The van der Waals surface area contributed by atoms with Crippen LogP contribution in [0.5, 0.6) is 5.75 Å². The maximum absolute atomic E-state index is 13.3. The van der Waals surface area contributed by atoms with Gasteiger partial charge in [-0.05, 0) is 53.8 Å². The molecule has 2 unspecified atom stereocenters. The van der Waals surface area contributed by atoms with Gasteiger partial charge in [0, 0.05) is 24.8 Å². The van der Waals surface area contributed by atoms with Crippen LogP contribution in [0.1, 0.15) is 39.6 Å². The molecule has 1 saturated heterocycles. The number of hydrogen-bond acceptors (Lipinski definition) is 5. The Morgan fingerprint density at radius 1 is 1.05 bits per heavy atom. The fourth-order valence-corrected chi connectivity index (χ4v) is 5.70. The molecule has 0 radical (unpaired) electrons. The topological polar surface area (TPSA) is 79.6 Å². The monoisotopic (exact) mass is 494 g/mol. The lowest BCUT2D eigenvalue weighted by Crippen LogP contribution is -2.55. The Morgan fingerprint density at radius 3 is 2.41 bits per heavy atom. The molecule has 2 N–H and O–H groups in total. The molecule has 7 heteroatoms. The molecule has 0 bridgehead atoms. The number of imidazole rings is 1. The number of nitrogens with zero attached hydrogens (tertiary/aromatic N) is 3. The van der Waals surface area contributed by atoms with Crippen LogP contribution in [0.3, 0.4) is 0 Å². The number of amides is 1. The van der Waals surface area contributed by atoms with Crippen molar-refractivity contribution in [1.82, 2.24) is 19.8 Å². The van der Waals surface area contributed by atoms with Crippen LogP contribution in [0.25, 0.3) is 16.8 Å². The van der Waals surface area contributed by atoms with E-state index in [9.17, 15) is 9.90 Å². The first-order valence-electron chi connectivity index (χ1n) is 12.6. The lowest BCUT2D eigenvalue weighted by atomic mass is 9.96. The lowest BCUT2D eigenvalue weighted by Gasteiger charge is -2.40. The van der Waals surface area contributed by atoms with Crippen molar-refractivity contribution >= 4 is 5.91 Å². The van der Waals surface area contributed by atoms with Crippen molar-refractivity contribution in [3.05, 3.63) is 102 Å². The molecule has 37 heavy (non-hydrogen) atoms. The molecule has 2 aliphatic rings. The number of hydrogen-bond donors (Lipinski definition) is 2. The number of aliphatic hydroxyl groups is 1. The minimum atomic E-state index is -0.609. The first-order chi connectivity index (χ1) is 18.0. The average Bonchev–Trinajstić information content (AvgIpc) is 3.51. The molecule has 2 atom stereocenters. The highest BCUT2D eigenvalue weighted by Gasteiger charge is 2.38. The fourth-order valence-electron chi connectivity index (χ4n) is 5.70. The summed E-state index contributed by atoms with van der Waals surface area (Å²) in [5, 5.41) is 13.9. The van der Waals surface area contributed by atoms with E-state index < -0.39 is 6.10 Å². The number of carbonyl (C=O) groups is 1. The average molecular weight is 495 g/mol. The van der Waals surface area contributed by atoms with Crippen molar-refractivity contribution in [3.63, 3.8) is 0 Å². The van der Waals surface area contributed by atoms with Gasteiger partial charge in [-0.15, -0.1) is 0 Å². The number of fused-ring (bicyclic) bond motifs is 3. The second kappa shape index (κ2) is 9.50. The number of nitrogens with one attached hydrogen (secondary N) is 1. The summed E-state index contributed by atoms with van der Waals surface area (Å²) in [6, 6.07) is 22.1. The molecular weight excluding hydrogens is 464 g/mol. The summed E-state index contributed by atoms with van der Waals surface area (Å²) in [5.41, 5.74) is 7.26. The summed E-state index contributed by atoms with van der Waals surface area (Å²) in [4.78, 5) is 19.9. The SMILES string of the molecule is COc1cc(C(=O)NC2CN(C3c4ccccc4-c4ccccc43)CCC2O)ccc1-n1cnc(C)c1. The lowest BCUT2D eigenvalue weighted by molar-refractivity contribution is 0.0341. The minimum absolute atomic E-state index is 0.109. The first kappa shape index (κ1) is 23.5. The van der Waals surface area contributed by atoms with Gasteiger partial charge in [-0.1, -0.05) is 48.5 Å². The van der Waals surface area contributed by atoms with Gasteiger partial charge in [-0.3, -0.25) is 9.69 Å². The van der Waals surface area contributed by atoms with Crippen LogP contribution in [0.4, 0.5) is 0 Å². The van der Waals surface area contributed by atoms with Crippen LogP contribution < -0.4 is 10.1 Å². The molecule has 4 aromatic rings. The smallest absolute Gasteiger partial charge is 0.251 e. The van der Waals surface area contributed by atoms with Gasteiger partial charge in [0.25, 0.3) is 5.91 Å². The van der Waals surface area contributed by atoms with Gasteiger partial charge in [-0.25, -0.2) is 4.98 Å². The minimum Gasteiger partial charge on any atom is -0.495 e.